The van der Waals surface area contributed by atoms with Crippen molar-refractivity contribution in [1.82, 2.24) is 9.97 Å². The molecule has 70 valence electrons. The number of anilines is 2. The first kappa shape index (κ1) is 8.10. The van der Waals surface area contributed by atoms with Crippen LogP contribution in [0.3, 0.4) is 0 Å². The molecule has 0 aliphatic carbocycles. The highest BCUT2D eigenvalue weighted by Gasteiger charge is 2.22. The van der Waals surface area contributed by atoms with Crippen LogP contribution in [0, 0.1) is 0 Å². The van der Waals surface area contributed by atoms with Crippen LogP contribution >= 0.6 is 0 Å². The zero-order valence-corrected chi connectivity index (χ0v) is 7.69. The maximum atomic E-state index is 5.49. The fourth-order valence-corrected chi connectivity index (χ4v) is 1.26. The molecule has 0 fully saturated rings. The molecule has 1 atom stereocenters. The van der Waals surface area contributed by atoms with Crippen LogP contribution in [0.1, 0.15) is 6.92 Å². The summed E-state index contributed by atoms with van der Waals surface area (Å²) in [6.07, 6.45) is 1.61. The third-order valence-corrected chi connectivity index (χ3v) is 2.23. The molecule has 0 aromatic carbocycles. The Balaban J connectivity index is 2.45. The fourth-order valence-electron chi connectivity index (χ4n) is 1.26. The second kappa shape index (κ2) is 2.76. The molecular weight excluding hydrogens is 168 g/mol. The molecule has 13 heavy (non-hydrogen) atoms. The number of ether oxygens (including phenoxy) is 1. The van der Waals surface area contributed by atoms with Gasteiger partial charge in [0.2, 0.25) is 5.95 Å². The van der Waals surface area contributed by atoms with Crippen molar-refractivity contribution >= 4 is 11.8 Å². The zero-order chi connectivity index (χ0) is 9.42. The topological polar surface area (TPSA) is 64.3 Å². The standard InChI is InChI=1S/C8H12N4O/c1-5-4-13-6-3-10-8(9)11-7(6)12(5)2/h3,5H,4H2,1-2H3,(H2,9,10,11). The van der Waals surface area contributed by atoms with E-state index in [1.807, 2.05) is 11.9 Å². The minimum atomic E-state index is 0.281. The third-order valence-electron chi connectivity index (χ3n) is 2.23. The first-order chi connectivity index (χ1) is 6.18. The zero-order valence-electron chi connectivity index (χ0n) is 7.69. The molecule has 0 bridgehead atoms. The molecule has 1 aromatic rings. The summed E-state index contributed by atoms with van der Waals surface area (Å²) in [5, 5.41) is 0. The fraction of sp³-hybridized carbons (Fsp3) is 0.500. The van der Waals surface area contributed by atoms with Crippen LogP contribution in [0.5, 0.6) is 5.75 Å². The van der Waals surface area contributed by atoms with Gasteiger partial charge in [-0.25, -0.2) is 4.98 Å². The van der Waals surface area contributed by atoms with Crippen molar-refractivity contribution in [2.45, 2.75) is 13.0 Å². The summed E-state index contributed by atoms with van der Waals surface area (Å²) in [4.78, 5) is 10.0. The number of hydrogen-bond donors (Lipinski definition) is 1. The summed E-state index contributed by atoms with van der Waals surface area (Å²) in [5.41, 5.74) is 5.49. The number of aromatic nitrogens is 2. The number of rotatable bonds is 0. The van der Waals surface area contributed by atoms with Crippen LogP contribution in [0.25, 0.3) is 0 Å². The monoisotopic (exact) mass is 180 g/mol. The minimum absolute atomic E-state index is 0.281. The summed E-state index contributed by atoms with van der Waals surface area (Å²) in [5.74, 6) is 1.75. The van der Waals surface area contributed by atoms with Gasteiger partial charge in [0.15, 0.2) is 11.6 Å². The predicted octanol–water partition coefficient (Wildman–Crippen LogP) is 0.276. The van der Waals surface area contributed by atoms with E-state index in [0.717, 1.165) is 5.82 Å². The average Bonchev–Trinajstić information content (AvgIpc) is 2.12. The second-order valence-electron chi connectivity index (χ2n) is 3.19. The molecule has 0 saturated heterocycles. The van der Waals surface area contributed by atoms with Crippen LogP contribution in [-0.4, -0.2) is 29.7 Å². The van der Waals surface area contributed by atoms with Crippen molar-refractivity contribution < 1.29 is 4.74 Å². The largest absolute Gasteiger partial charge is 0.486 e. The van der Waals surface area contributed by atoms with E-state index in [1.165, 1.54) is 0 Å². The van der Waals surface area contributed by atoms with Crippen molar-refractivity contribution in [1.29, 1.82) is 0 Å². The van der Waals surface area contributed by atoms with Crippen LogP contribution in [0.4, 0.5) is 11.8 Å². The average molecular weight is 180 g/mol. The SMILES string of the molecule is CC1COc2cnc(N)nc2N1C. The molecule has 5 heteroatoms. The first-order valence-electron chi connectivity index (χ1n) is 4.16. The molecule has 0 amide bonds. The highest BCUT2D eigenvalue weighted by atomic mass is 16.5. The highest BCUT2D eigenvalue weighted by molar-refractivity contribution is 5.55. The van der Waals surface area contributed by atoms with Crippen LogP contribution in [-0.2, 0) is 0 Å². The number of nitrogens with two attached hydrogens (primary N) is 1. The molecule has 1 aliphatic rings. The molecule has 5 nitrogen and oxygen atoms in total. The first-order valence-corrected chi connectivity index (χ1v) is 4.16. The van der Waals surface area contributed by atoms with Crippen molar-refractivity contribution in [3.63, 3.8) is 0 Å². The smallest absolute Gasteiger partial charge is 0.222 e. The molecular formula is C8H12N4O. The Morgan fingerprint density at radius 1 is 1.69 bits per heavy atom. The predicted molar refractivity (Wildman–Crippen MR) is 49.8 cm³/mol. The van der Waals surface area contributed by atoms with E-state index in [-0.39, 0.29) is 5.95 Å². The Hall–Kier alpha value is -1.52. The lowest BCUT2D eigenvalue weighted by Crippen LogP contribution is -2.38. The van der Waals surface area contributed by atoms with E-state index in [4.69, 9.17) is 10.5 Å². The summed E-state index contributed by atoms with van der Waals surface area (Å²) in [6, 6.07) is 0.321. The van der Waals surface area contributed by atoms with Gasteiger partial charge in [-0.2, -0.15) is 4.98 Å². The summed E-state index contributed by atoms with van der Waals surface area (Å²) in [6.45, 7) is 2.73. The van der Waals surface area contributed by atoms with E-state index >= 15 is 0 Å². The number of fused-ring (bicyclic) bond motifs is 1. The molecule has 2 heterocycles. The molecule has 1 unspecified atom stereocenters. The maximum Gasteiger partial charge on any atom is 0.222 e. The lowest BCUT2D eigenvalue weighted by Gasteiger charge is -2.32. The van der Waals surface area contributed by atoms with Crippen molar-refractivity contribution in [3.8, 4) is 5.75 Å². The molecule has 2 N–H and O–H groups in total. The van der Waals surface area contributed by atoms with Gasteiger partial charge >= 0.3 is 0 Å². The lowest BCUT2D eigenvalue weighted by molar-refractivity contribution is 0.271. The molecule has 0 spiro atoms. The second-order valence-corrected chi connectivity index (χ2v) is 3.19. The molecule has 2 rings (SSSR count). The van der Waals surface area contributed by atoms with Crippen molar-refractivity contribution in [2.75, 3.05) is 24.3 Å². The van der Waals surface area contributed by atoms with E-state index in [0.29, 0.717) is 18.4 Å². The van der Waals surface area contributed by atoms with Gasteiger partial charge in [0.05, 0.1) is 12.2 Å². The number of nitrogens with zero attached hydrogens (tertiary/aromatic N) is 3. The van der Waals surface area contributed by atoms with Crippen LogP contribution in [0.2, 0.25) is 0 Å². The van der Waals surface area contributed by atoms with Gasteiger partial charge in [0.1, 0.15) is 6.61 Å². The molecule has 0 saturated carbocycles. The van der Waals surface area contributed by atoms with Crippen molar-refractivity contribution in [3.05, 3.63) is 6.20 Å². The van der Waals surface area contributed by atoms with E-state index in [2.05, 4.69) is 16.9 Å². The molecule has 1 aliphatic heterocycles. The van der Waals surface area contributed by atoms with Gasteiger partial charge in [-0.05, 0) is 6.92 Å². The highest BCUT2D eigenvalue weighted by Crippen LogP contribution is 2.29. The van der Waals surface area contributed by atoms with Crippen molar-refractivity contribution in [2.24, 2.45) is 0 Å². The Morgan fingerprint density at radius 2 is 2.46 bits per heavy atom. The van der Waals surface area contributed by atoms with Crippen LogP contribution < -0.4 is 15.4 Å². The maximum absolute atomic E-state index is 5.49. The Morgan fingerprint density at radius 3 is 3.23 bits per heavy atom. The quantitative estimate of drug-likeness (QED) is 0.621. The normalized spacial score (nSPS) is 20.8. The minimum Gasteiger partial charge on any atom is -0.486 e. The van der Waals surface area contributed by atoms with Gasteiger partial charge in [0.25, 0.3) is 0 Å². The van der Waals surface area contributed by atoms with Gasteiger partial charge in [0, 0.05) is 7.05 Å². The summed E-state index contributed by atoms with van der Waals surface area (Å²) < 4.78 is 5.44. The number of hydrogen-bond acceptors (Lipinski definition) is 5. The Kier molecular flexibility index (Phi) is 1.72. The van der Waals surface area contributed by atoms with Crippen LogP contribution in [0.15, 0.2) is 6.20 Å². The van der Waals surface area contributed by atoms with Gasteiger partial charge < -0.3 is 15.4 Å². The third kappa shape index (κ3) is 1.26. The van der Waals surface area contributed by atoms with E-state index in [1.54, 1.807) is 6.20 Å². The molecule has 0 radical (unpaired) electrons. The van der Waals surface area contributed by atoms with Gasteiger partial charge in [-0.1, -0.05) is 0 Å². The number of nitrogen functional groups attached to an aromatic ring is 1. The summed E-state index contributed by atoms with van der Waals surface area (Å²) >= 11 is 0. The van der Waals surface area contributed by atoms with E-state index < -0.39 is 0 Å². The van der Waals surface area contributed by atoms with Gasteiger partial charge in [-0.15, -0.1) is 0 Å². The Bertz CT molecular complexity index is 328. The van der Waals surface area contributed by atoms with Gasteiger partial charge in [-0.3, -0.25) is 0 Å². The lowest BCUT2D eigenvalue weighted by atomic mass is 10.2. The molecule has 1 aromatic heterocycles. The van der Waals surface area contributed by atoms with E-state index in [9.17, 15) is 0 Å². The summed E-state index contributed by atoms with van der Waals surface area (Å²) in [7, 11) is 1.97. The number of likely N-dealkylation sites (N-methyl/N-ethyl adjacent to an activating group) is 1. The Labute approximate surface area is 76.5 Å².